The average Bonchev–Trinajstić information content (AvgIpc) is 2.75. The molecule has 0 saturated carbocycles. The average molecular weight is 382 g/mol. The summed E-state index contributed by atoms with van der Waals surface area (Å²) in [7, 11) is 0. The van der Waals surface area contributed by atoms with Gasteiger partial charge in [0.25, 0.3) is 11.8 Å². The van der Waals surface area contributed by atoms with Crippen molar-refractivity contribution in [3.05, 3.63) is 71.8 Å². The molecule has 8 nitrogen and oxygen atoms in total. The fourth-order valence-corrected chi connectivity index (χ4v) is 2.44. The molecule has 0 radical (unpaired) electrons. The van der Waals surface area contributed by atoms with Crippen molar-refractivity contribution in [2.24, 2.45) is 5.84 Å². The third-order valence-electron chi connectivity index (χ3n) is 3.93. The fraction of sp³-hybridized carbons (Fsp3) is 0.200. The number of rotatable bonds is 7. The second-order valence-corrected chi connectivity index (χ2v) is 5.98. The summed E-state index contributed by atoms with van der Waals surface area (Å²) in [4.78, 5) is 48.9. The van der Waals surface area contributed by atoms with E-state index in [-0.39, 0.29) is 24.3 Å². The van der Waals surface area contributed by atoms with E-state index in [4.69, 9.17) is 5.84 Å². The first kappa shape index (κ1) is 20.8. The highest BCUT2D eigenvalue weighted by Crippen LogP contribution is 2.09. The monoisotopic (exact) mass is 382 g/mol. The Morgan fingerprint density at radius 2 is 1.32 bits per heavy atom. The van der Waals surface area contributed by atoms with Crippen LogP contribution in [0.5, 0.6) is 0 Å². The van der Waals surface area contributed by atoms with Gasteiger partial charge in [0.15, 0.2) is 0 Å². The Labute approximate surface area is 162 Å². The van der Waals surface area contributed by atoms with Gasteiger partial charge in [-0.2, -0.15) is 5.01 Å². The Hall–Kier alpha value is -3.52. The van der Waals surface area contributed by atoms with Gasteiger partial charge < -0.3 is 0 Å². The third kappa shape index (κ3) is 6.03. The molecule has 2 aromatic rings. The summed E-state index contributed by atoms with van der Waals surface area (Å²) in [6.07, 6.45) is 0.957. The van der Waals surface area contributed by atoms with Crippen LogP contribution >= 0.6 is 0 Å². The first-order chi connectivity index (χ1) is 13.5. The molecule has 0 heterocycles. The molecule has 0 aliphatic carbocycles. The smallest absolute Gasteiger partial charge is 0.279 e. The highest BCUT2D eigenvalue weighted by Gasteiger charge is 2.25. The van der Waals surface area contributed by atoms with Gasteiger partial charge in [0.2, 0.25) is 11.8 Å². The van der Waals surface area contributed by atoms with Crippen LogP contribution in [0.3, 0.4) is 0 Å². The summed E-state index contributed by atoms with van der Waals surface area (Å²) >= 11 is 0. The highest BCUT2D eigenvalue weighted by atomic mass is 16.2. The molecule has 146 valence electrons. The molecule has 2 rings (SSSR count). The molecule has 4 amide bonds. The summed E-state index contributed by atoms with van der Waals surface area (Å²) in [5.41, 5.74) is 4.99. The zero-order chi connectivity index (χ0) is 20.4. The van der Waals surface area contributed by atoms with Gasteiger partial charge in [-0.15, -0.1) is 0 Å². The van der Waals surface area contributed by atoms with Gasteiger partial charge in [-0.25, -0.2) is 5.84 Å². The number of carbonyl (C=O) groups is 4. The molecule has 0 bridgehead atoms. The predicted octanol–water partition coefficient (Wildman–Crippen LogP) is 1.55. The lowest BCUT2D eigenvalue weighted by molar-refractivity contribution is -0.131. The van der Waals surface area contributed by atoms with E-state index >= 15 is 0 Å². The van der Waals surface area contributed by atoms with Crippen LogP contribution in [-0.2, 0) is 9.59 Å². The summed E-state index contributed by atoms with van der Waals surface area (Å²) in [6.45, 7) is 0. The van der Waals surface area contributed by atoms with E-state index < -0.39 is 17.7 Å². The largest absolute Gasteiger partial charge is 0.294 e. The van der Waals surface area contributed by atoms with Crippen molar-refractivity contribution < 1.29 is 19.2 Å². The zero-order valence-corrected chi connectivity index (χ0v) is 15.3. The highest BCUT2D eigenvalue weighted by molar-refractivity contribution is 6.07. The van der Waals surface area contributed by atoms with Gasteiger partial charge >= 0.3 is 0 Å². The minimum absolute atomic E-state index is 0.00844. The topological polar surface area (TPSA) is 122 Å². The Kier molecular flexibility index (Phi) is 7.86. The maximum absolute atomic E-state index is 12.8. The lowest BCUT2D eigenvalue weighted by atomic mass is 10.1. The maximum atomic E-state index is 12.8. The molecule has 0 atom stereocenters. The number of benzene rings is 2. The van der Waals surface area contributed by atoms with Gasteiger partial charge in [0.1, 0.15) is 0 Å². The fourth-order valence-electron chi connectivity index (χ4n) is 2.44. The minimum atomic E-state index is -0.630. The molecule has 0 aliphatic rings. The molecule has 0 unspecified atom stereocenters. The van der Waals surface area contributed by atoms with Crippen molar-refractivity contribution in [2.75, 3.05) is 0 Å². The second kappa shape index (κ2) is 10.6. The van der Waals surface area contributed by atoms with E-state index in [1.165, 1.54) is 0 Å². The summed E-state index contributed by atoms with van der Waals surface area (Å²) in [5, 5.41) is 0.730. The van der Waals surface area contributed by atoms with E-state index in [1.807, 2.05) is 5.43 Å². The van der Waals surface area contributed by atoms with Gasteiger partial charge in [-0.1, -0.05) is 36.4 Å². The first-order valence-corrected chi connectivity index (χ1v) is 8.80. The lowest BCUT2D eigenvalue weighted by Crippen LogP contribution is -2.49. The molecule has 0 aromatic heterocycles. The molecule has 8 heteroatoms. The van der Waals surface area contributed by atoms with E-state index in [0.717, 1.165) is 5.01 Å². The molecule has 2 aromatic carbocycles. The number of hydrazine groups is 2. The molecular formula is C20H22N4O4. The SMILES string of the molecule is NNC(=O)CCCCC(=O)N(NC(=O)c1ccccc1)C(=O)c1ccccc1. The standard InChI is InChI=1S/C20H22N4O4/c21-22-17(25)13-7-8-14-18(26)24(20(28)16-11-5-2-6-12-16)23-19(27)15-9-3-1-4-10-15/h1-6,9-12H,7-8,13-14,21H2,(H,22,25)(H,23,27). The van der Waals surface area contributed by atoms with Crippen LogP contribution in [-0.4, -0.2) is 28.6 Å². The third-order valence-corrected chi connectivity index (χ3v) is 3.93. The van der Waals surface area contributed by atoms with Crippen molar-refractivity contribution in [3.63, 3.8) is 0 Å². The van der Waals surface area contributed by atoms with E-state index in [0.29, 0.717) is 18.4 Å². The molecular weight excluding hydrogens is 360 g/mol. The Balaban J connectivity index is 2.09. The van der Waals surface area contributed by atoms with Crippen LogP contribution in [0.2, 0.25) is 0 Å². The normalized spacial score (nSPS) is 10.0. The van der Waals surface area contributed by atoms with Crippen LogP contribution in [0, 0.1) is 0 Å². The van der Waals surface area contributed by atoms with Gasteiger partial charge in [-0.05, 0) is 37.1 Å². The zero-order valence-electron chi connectivity index (χ0n) is 15.3. The van der Waals surface area contributed by atoms with Crippen LogP contribution in [0.25, 0.3) is 0 Å². The molecule has 0 aliphatic heterocycles. The van der Waals surface area contributed by atoms with Gasteiger partial charge in [-0.3, -0.25) is 30.0 Å². The second-order valence-electron chi connectivity index (χ2n) is 5.98. The number of nitrogens with one attached hydrogen (secondary N) is 2. The van der Waals surface area contributed by atoms with Gasteiger partial charge in [0.05, 0.1) is 0 Å². The molecule has 0 spiro atoms. The Bertz CT molecular complexity index is 825. The molecule has 0 saturated heterocycles. The van der Waals surface area contributed by atoms with Crippen molar-refractivity contribution in [1.82, 2.24) is 15.9 Å². The first-order valence-electron chi connectivity index (χ1n) is 8.80. The number of hydrogen-bond acceptors (Lipinski definition) is 5. The van der Waals surface area contributed by atoms with Crippen molar-refractivity contribution >= 4 is 23.6 Å². The lowest BCUT2D eigenvalue weighted by Gasteiger charge is -2.21. The molecule has 4 N–H and O–H groups in total. The van der Waals surface area contributed by atoms with Gasteiger partial charge in [0, 0.05) is 24.0 Å². The Morgan fingerprint density at radius 3 is 1.89 bits per heavy atom. The molecule has 0 fully saturated rings. The number of nitrogens with two attached hydrogens (primary N) is 1. The predicted molar refractivity (Wildman–Crippen MR) is 102 cm³/mol. The van der Waals surface area contributed by atoms with E-state index in [2.05, 4.69) is 5.43 Å². The number of imide groups is 1. The quantitative estimate of drug-likeness (QED) is 0.290. The number of hydrogen-bond donors (Lipinski definition) is 3. The van der Waals surface area contributed by atoms with Crippen molar-refractivity contribution in [3.8, 4) is 0 Å². The maximum Gasteiger partial charge on any atom is 0.279 e. The number of unbranched alkanes of at least 4 members (excludes halogenated alkanes) is 1. The van der Waals surface area contributed by atoms with Crippen LogP contribution < -0.4 is 16.7 Å². The Morgan fingerprint density at radius 1 is 0.786 bits per heavy atom. The van der Waals surface area contributed by atoms with Crippen molar-refractivity contribution in [1.29, 1.82) is 0 Å². The number of nitrogens with zero attached hydrogens (tertiary/aromatic N) is 1. The van der Waals surface area contributed by atoms with E-state index in [1.54, 1.807) is 60.7 Å². The van der Waals surface area contributed by atoms with Crippen LogP contribution in [0.4, 0.5) is 0 Å². The van der Waals surface area contributed by atoms with E-state index in [9.17, 15) is 19.2 Å². The summed E-state index contributed by atoms with van der Waals surface area (Å²) in [6, 6.07) is 16.5. The molecule has 28 heavy (non-hydrogen) atoms. The number of amides is 4. The van der Waals surface area contributed by atoms with Crippen LogP contribution in [0.1, 0.15) is 46.4 Å². The summed E-state index contributed by atoms with van der Waals surface area (Å²) < 4.78 is 0. The summed E-state index contributed by atoms with van der Waals surface area (Å²) in [5.74, 6) is 2.92. The van der Waals surface area contributed by atoms with Crippen LogP contribution in [0.15, 0.2) is 60.7 Å². The van der Waals surface area contributed by atoms with Crippen molar-refractivity contribution in [2.45, 2.75) is 25.7 Å². The number of carbonyl (C=O) groups excluding carboxylic acids is 4. The minimum Gasteiger partial charge on any atom is -0.294 e.